The maximum atomic E-state index is 2.33. The summed E-state index contributed by atoms with van der Waals surface area (Å²) in [5.41, 5.74) is 0. The molecular formula is C4H8S2. The minimum Gasteiger partial charge on any atom is -0.203 e. The summed E-state index contributed by atoms with van der Waals surface area (Å²) in [5, 5.41) is 2.33. The lowest BCUT2D eigenvalue weighted by atomic mass is 10.9. The Morgan fingerprint density at radius 3 is 2.83 bits per heavy atom. The third-order valence-electron chi connectivity index (χ3n) is 0.686. The monoisotopic (exact) mass is 120 g/mol. The molecule has 0 radical (unpaired) electrons. The van der Waals surface area contributed by atoms with Crippen LogP contribution < -0.4 is 0 Å². The Hall–Kier alpha value is 0.570. The molecule has 1 aliphatic rings. The first-order chi connectivity index (χ1) is 3.00. The zero-order valence-electron chi connectivity index (χ0n) is 3.55. The Labute approximate surface area is 46.3 Å². The van der Waals surface area contributed by atoms with Gasteiger partial charge in [0.2, 0.25) is 0 Å². The van der Waals surface area contributed by atoms with Gasteiger partial charge in [-0.25, -0.2) is 11.4 Å². The van der Waals surface area contributed by atoms with Gasteiger partial charge in [0.05, 0.1) is 0 Å². The maximum absolute atomic E-state index is 2.33. The minimum absolute atomic E-state index is 1.28. The van der Waals surface area contributed by atoms with Gasteiger partial charge in [0.1, 0.15) is 0 Å². The van der Waals surface area contributed by atoms with Gasteiger partial charge in [-0.1, -0.05) is 5.37 Å². The molecule has 0 bridgehead atoms. The molecule has 0 fully saturated rings. The van der Waals surface area contributed by atoms with Crippen LogP contribution in [-0.2, 0) is 0 Å². The van der Waals surface area contributed by atoms with Crippen molar-refractivity contribution in [1.82, 2.24) is 0 Å². The zero-order chi connectivity index (χ0) is 4.24. The summed E-state index contributed by atoms with van der Waals surface area (Å²) in [7, 11) is 0. The van der Waals surface area contributed by atoms with Crippen LogP contribution in [0.4, 0.5) is 0 Å². The minimum atomic E-state index is 1.28. The standard InChI is InChI=1S/C4H8S2/c1-2-6-4-3-5-1/h1,5H,2-4H2. The molecule has 1 rings (SSSR count). The van der Waals surface area contributed by atoms with Crippen LogP contribution in [0.2, 0.25) is 0 Å². The largest absolute Gasteiger partial charge is 0.203 e. The SMILES string of the molecule is C1=[SH]CCSC1. The highest BCUT2D eigenvalue weighted by atomic mass is 32.2. The molecule has 0 aliphatic carbocycles. The highest BCUT2D eigenvalue weighted by Crippen LogP contribution is 2.05. The Bertz CT molecular complexity index is 50.6. The molecule has 1 aliphatic heterocycles. The number of thiol groups is 1. The van der Waals surface area contributed by atoms with Gasteiger partial charge in [-0.2, -0.15) is 11.8 Å². The van der Waals surface area contributed by atoms with Gasteiger partial charge in [0.25, 0.3) is 0 Å². The van der Waals surface area contributed by atoms with E-state index in [0.29, 0.717) is 0 Å². The third-order valence-corrected chi connectivity index (χ3v) is 3.05. The molecule has 0 aromatic rings. The van der Waals surface area contributed by atoms with E-state index in [1.54, 1.807) is 11.4 Å². The summed E-state index contributed by atoms with van der Waals surface area (Å²) in [5.74, 6) is 4.03. The van der Waals surface area contributed by atoms with E-state index in [2.05, 4.69) is 5.37 Å². The van der Waals surface area contributed by atoms with Gasteiger partial charge in [-0.05, 0) is 5.75 Å². The second-order valence-corrected chi connectivity index (χ2v) is 3.49. The normalized spacial score (nSPS) is 22.7. The first-order valence-corrected chi connectivity index (χ1v) is 4.36. The van der Waals surface area contributed by atoms with Gasteiger partial charge < -0.3 is 0 Å². The number of hydrogen-bond donors (Lipinski definition) is 1. The molecular weight excluding hydrogens is 112 g/mol. The summed E-state index contributed by atoms with van der Waals surface area (Å²) in [4.78, 5) is 0. The van der Waals surface area contributed by atoms with Crippen LogP contribution in [0.3, 0.4) is 0 Å². The van der Waals surface area contributed by atoms with Crippen molar-refractivity contribution in [2.24, 2.45) is 0 Å². The Morgan fingerprint density at radius 1 is 1.67 bits per heavy atom. The van der Waals surface area contributed by atoms with Gasteiger partial charge in [0.15, 0.2) is 0 Å². The fourth-order valence-corrected chi connectivity index (χ4v) is 2.53. The second kappa shape index (κ2) is 2.69. The van der Waals surface area contributed by atoms with E-state index in [9.17, 15) is 0 Å². The number of rotatable bonds is 0. The highest BCUT2D eigenvalue weighted by molar-refractivity contribution is 8.06. The second-order valence-electron chi connectivity index (χ2n) is 1.16. The van der Waals surface area contributed by atoms with Crippen molar-refractivity contribution in [2.75, 3.05) is 17.3 Å². The molecule has 0 N–H and O–H groups in total. The van der Waals surface area contributed by atoms with E-state index < -0.39 is 0 Å². The van der Waals surface area contributed by atoms with E-state index in [-0.39, 0.29) is 0 Å². The smallest absolute Gasteiger partial charge is 0.0165 e. The number of thioether (sulfide) groups is 1. The quantitative estimate of drug-likeness (QED) is 0.367. The van der Waals surface area contributed by atoms with Crippen LogP contribution in [0.5, 0.6) is 0 Å². The Kier molecular flexibility index (Phi) is 2.12. The molecule has 1 heterocycles. The summed E-state index contributed by atoms with van der Waals surface area (Å²) < 4.78 is 0. The molecule has 0 aromatic heterocycles. The molecule has 0 spiro atoms. The molecule has 0 saturated heterocycles. The topological polar surface area (TPSA) is 0 Å². The molecule has 36 valence electrons. The lowest BCUT2D eigenvalue weighted by molar-refractivity contribution is 1.56. The van der Waals surface area contributed by atoms with Crippen molar-refractivity contribution in [3.8, 4) is 0 Å². The van der Waals surface area contributed by atoms with Crippen LogP contribution in [0, 0.1) is 0 Å². The maximum Gasteiger partial charge on any atom is 0.0165 e. The zero-order valence-corrected chi connectivity index (χ0v) is 5.27. The van der Waals surface area contributed by atoms with E-state index in [4.69, 9.17) is 0 Å². The predicted octanol–water partition coefficient (Wildman–Crippen LogP) is 1.00. The fraction of sp³-hybridized carbons (Fsp3) is 0.750. The first kappa shape index (κ1) is 4.72. The van der Waals surface area contributed by atoms with Crippen molar-refractivity contribution in [1.29, 1.82) is 0 Å². The first-order valence-electron chi connectivity index (χ1n) is 2.06. The molecule has 0 saturated carbocycles. The molecule has 0 unspecified atom stereocenters. The van der Waals surface area contributed by atoms with Crippen molar-refractivity contribution in [3.05, 3.63) is 0 Å². The van der Waals surface area contributed by atoms with Crippen molar-refractivity contribution in [3.63, 3.8) is 0 Å². The average molecular weight is 120 g/mol. The van der Waals surface area contributed by atoms with Crippen LogP contribution >= 0.6 is 23.1 Å². The fourth-order valence-electron chi connectivity index (χ4n) is 0.397. The van der Waals surface area contributed by atoms with Gasteiger partial charge in [-0.15, -0.1) is 0 Å². The summed E-state index contributed by atoms with van der Waals surface area (Å²) in [6, 6.07) is 0. The third kappa shape index (κ3) is 1.35. The Balaban J connectivity index is 2.26. The van der Waals surface area contributed by atoms with Crippen molar-refractivity contribution in [2.45, 2.75) is 0 Å². The molecule has 6 heavy (non-hydrogen) atoms. The molecule has 0 aromatic carbocycles. The van der Waals surface area contributed by atoms with Crippen molar-refractivity contribution >= 4 is 28.5 Å². The highest BCUT2D eigenvalue weighted by Gasteiger charge is 1.86. The van der Waals surface area contributed by atoms with Crippen LogP contribution in [0.25, 0.3) is 0 Å². The van der Waals surface area contributed by atoms with Crippen LogP contribution in [0.1, 0.15) is 0 Å². The van der Waals surface area contributed by atoms with Crippen LogP contribution in [0.15, 0.2) is 0 Å². The Morgan fingerprint density at radius 2 is 2.67 bits per heavy atom. The molecule has 0 atom stereocenters. The summed E-state index contributed by atoms with van der Waals surface area (Å²) >= 11 is 3.58. The lowest BCUT2D eigenvalue weighted by Gasteiger charge is -1.98. The number of hydrogen-bond acceptors (Lipinski definition) is 1. The van der Waals surface area contributed by atoms with Gasteiger partial charge >= 0.3 is 0 Å². The van der Waals surface area contributed by atoms with E-state index in [0.717, 1.165) is 0 Å². The van der Waals surface area contributed by atoms with E-state index in [1.807, 2.05) is 11.8 Å². The van der Waals surface area contributed by atoms with E-state index in [1.165, 1.54) is 17.3 Å². The summed E-state index contributed by atoms with van der Waals surface area (Å²) in [6.45, 7) is 0. The van der Waals surface area contributed by atoms with Gasteiger partial charge in [-0.3, -0.25) is 0 Å². The van der Waals surface area contributed by atoms with E-state index >= 15 is 0 Å². The predicted molar refractivity (Wildman–Crippen MR) is 37.2 cm³/mol. The average Bonchev–Trinajstić information content (AvgIpc) is 1.72. The van der Waals surface area contributed by atoms with Gasteiger partial charge in [0, 0.05) is 11.5 Å². The molecule has 0 amide bonds. The van der Waals surface area contributed by atoms with Crippen molar-refractivity contribution < 1.29 is 0 Å². The molecule has 2 heteroatoms. The van der Waals surface area contributed by atoms with Crippen LogP contribution in [-0.4, -0.2) is 22.6 Å². The summed E-state index contributed by atoms with van der Waals surface area (Å²) in [6.07, 6.45) is 0. The molecule has 0 nitrogen and oxygen atoms in total. The lowest BCUT2D eigenvalue weighted by Crippen LogP contribution is -1.90.